The first-order valence-electron chi connectivity index (χ1n) is 5.54. The number of hydrogen-bond donors (Lipinski definition) is 1. The summed E-state index contributed by atoms with van der Waals surface area (Å²) in [5, 5.41) is 8.97. The highest BCUT2D eigenvalue weighted by Crippen LogP contribution is 2.33. The molecular weight excluding hydrogens is 232 g/mol. The van der Waals surface area contributed by atoms with E-state index in [0.717, 1.165) is 5.69 Å². The van der Waals surface area contributed by atoms with Gasteiger partial charge in [-0.25, -0.2) is 4.79 Å². The zero-order valence-corrected chi connectivity index (χ0v) is 10.1. The number of hydrogen-bond acceptors (Lipinski definition) is 3. The van der Waals surface area contributed by atoms with Gasteiger partial charge < -0.3 is 14.9 Å². The average Bonchev–Trinajstić information content (AvgIpc) is 2.35. The van der Waals surface area contributed by atoms with E-state index in [1.165, 1.54) is 11.0 Å². The van der Waals surface area contributed by atoms with Crippen LogP contribution < -0.4 is 9.80 Å². The van der Waals surface area contributed by atoms with Gasteiger partial charge in [0.1, 0.15) is 0 Å². The number of likely N-dealkylation sites (N-methyl/N-ethyl adjacent to an activating group) is 1. The van der Waals surface area contributed by atoms with Gasteiger partial charge >= 0.3 is 5.97 Å². The standard InChI is InChI=1S/C13H14N2O3/c1-3-6-15-8-12(16)14(2)11-7-9(13(17)18)4-5-10(11)15/h3-5,7H,1,6,8H2,2H3,(H,17,18). The second-order valence-electron chi connectivity index (χ2n) is 4.13. The van der Waals surface area contributed by atoms with Crippen molar-refractivity contribution in [1.82, 2.24) is 0 Å². The lowest BCUT2D eigenvalue weighted by molar-refractivity contribution is -0.117. The minimum absolute atomic E-state index is 0.0631. The normalized spacial score (nSPS) is 14.4. The minimum atomic E-state index is -1.00. The van der Waals surface area contributed by atoms with Gasteiger partial charge in [0.05, 0.1) is 23.5 Å². The van der Waals surface area contributed by atoms with Crippen LogP contribution in [0.15, 0.2) is 30.9 Å². The number of benzene rings is 1. The molecule has 0 saturated carbocycles. The number of aromatic carboxylic acids is 1. The number of anilines is 2. The van der Waals surface area contributed by atoms with Crippen molar-refractivity contribution in [2.45, 2.75) is 0 Å². The lowest BCUT2D eigenvalue weighted by Gasteiger charge is -2.35. The van der Waals surface area contributed by atoms with Crippen molar-refractivity contribution in [3.05, 3.63) is 36.4 Å². The van der Waals surface area contributed by atoms with E-state index in [0.29, 0.717) is 12.2 Å². The van der Waals surface area contributed by atoms with E-state index in [1.54, 1.807) is 25.3 Å². The minimum Gasteiger partial charge on any atom is -0.478 e. The molecule has 1 N–H and O–H groups in total. The fourth-order valence-electron chi connectivity index (χ4n) is 2.00. The van der Waals surface area contributed by atoms with E-state index in [2.05, 4.69) is 6.58 Å². The Morgan fingerprint density at radius 2 is 2.22 bits per heavy atom. The number of carbonyl (C=O) groups excluding carboxylic acids is 1. The van der Waals surface area contributed by atoms with Crippen molar-refractivity contribution >= 4 is 23.3 Å². The third kappa shape index (κ3) is 1.95. The number of carbonyl (C=O) groups is 2. The number of carboxylic acid groups (broad SMARTS) is 1. The molecule has 0 unspecified atom stereocenters. The smallest absolute Gasteiger partial charge is 0.335 e. The van der Waals surface area contributed by atoms with Crippen molar-refractivity contribution < 1.29 is 14.7 Å². The van der Waals surface area contributed by atoms with Gasteiger partial charge in [-0.05, 0) is 18.2 Å². The fourth-order valence-corrected chi connectivity index (χ4v) is 2.00. The summed E-state index contributed by atoms with van der Waals surface area (Å²) in [5.74, 6) is -1.06. The largest absolute Gasteiger partial charge is 0.478 e. The molecule has 0 radical (unpaired) electrons. The molecule has 1 aliphatic rings. The highest BCUT2D eigenvalue weighted by Gasteiger charge is 2.26. The molecule has 18 heavy (non-hydrogen) atoms. The van der Waals surface area contributed by atoms with E-state index in [4.69, 9.17) is 5.11 Å². The molecule has 1 amide bonds. The lowest BCUT2D eigenvalue weighted by atomic mass is 10.1. The molecule has 0 saturated heterocycles. The van der Waals surface area contributed by atoms with Crippen LogP contribution in [-0.4, -0.2) is 37.1 Å². The van der Waals surface area contributed by atoms with Crippen LogP contribution in [0.4, 0.5) is 11.4 Å². The summed E-state index contributed by atoms with van der Waals surface area (Å²) in [6.45, 7) is 4.49. The maximum Gasteiger partial charge on any atom is 0.335 e. The molecule has 94 valence electrons. The first kappa shape index (κ1) is 12.2. The molecule has 0 atom stereocenters. The molecule has 0 aromatic heterocycles. The van der Waals surface area contributed by atoms with Gasteiger partial charge in [-0.2, -0.15) is 0 Å². The van der Waals surface area contributed by atoms with Crippen molar-refractivity contribution in [2.75, 3.05) is 29.9 Å². The highest BCUT2D eigenvalue weighted by atomic mass is 16.4. The predicted octanol–water partition coefficient (Wildman–Crippen LogP) is 1.35. The van der Waals surface area contributed by atoms with E-state index in [9.17, 15) is 9.59 Å². The Labute approximate surface area is 105 Å². The number of rotatable bonds is 3. The third-order valence-electron chi connectivity index (χ3n) is 2.97. The van der Waals surface area contributed by atoms with Gasteiger partial charge in [-0.15, -0.1) is 6.58 Å². The van der Waals surface area contributed by atoms with Crippen LogP contribution in [0, 0.1) is 0 Å². The second kappa shape index (κ2) is 4.52. The molecule has 0 fully saturated rings. The molecule has 1 aliphatic heterocycles. The number of carboxylic acids is 1. The third-order valence-corrected chi connectivity index (χ3v) is 2.97. The molecule has 0 bridgehead atoms. The molecule has 1 aromatic rings. The van der Waals surface area contributed by atoms with Crippen molar-refractivity contribution in [3.8, 4) is 0 Å². The van der Waals surface area contributed by atoms with Gasteiger partial charge in [0.25, 0.3) is 0 Å². The van der Waals surface area contributed by atoms with E-state index in [-0.39, 0.29) is 18.0 Å². The zero-order chi connectivity index (χ0) is 13.3. The van der Waals surface area contributed by atoms with Gasteiger partial charge in [0, 0.05) is 13.6 Å². The molecule has 5 heteroatoms. The molecule has 1 heterocycles. The zero-order valence-electron chi connectivity index (χ0n) is 10.1. The summed E-state index contributed by atoms with van der Waals surface area (Å²) in [6, 6.07) is 4.79. The van der Waals surface area contributed by atoms with E-state index < -0.39 is 5.97 Å². The average molecular weight is 246 g/mol. The summed E-state index contributed by atoms with van der Waals surface area (Å²) in [6.07, 6.45) is 1.72. The summed E-state index contributed by atoms with van der Waals surface area (Å²) >= 11 is 0. The van der Waals surface area contributed by atoms with E-state index in [1.807, 2.05) is 4.90 Å². The quantitative estimate of drug-likeness (QED) is 0.818. The predicted molar refractivity (Wildman–Crippen MR) is 69.2 cm³/mol. The lowest BCUT2D eigenvalue weighted by Crippen LogP contribution is -2.44. The Morgan fingerprint density at radius 1 is 1.50 bits per heavy atom. The molecular formula is C13H14N2O3. The number of nitrogens with zero attached hydrogens (tertiary/aromatic N) is 2. The maximum atomic E-state index is 11.8. The van der Waals surface area contributed by atoms with Crippen LogP contribution in [0.5, 0.6) is 0 Å². The highest BCUT2D eigenvalue weighted by molar-refractivity contribution is 6.04. The summed E-state index contributed by atoms with van der Waals surface area (Å²) in [7, 11) is 1.65. The number of fused-ring (bicyclic) bond motifs is 1. The monoisotopic (exact) mass is 246 g/mol. The first-order chi connectivity index (χ1) is 8.54. The summed E-state index contributed by atoms with van der Waals surface area (Å²) < 4.78 is 0. The SMILES string of the molecule is C=CCN1CC(=O)N(C)c2cc(C(=O)O)ccc21. The molecule has 2 rings (SSSR count). The van der Waals surface area contributed by atoms with Crippen molar-refractivity contribution in [3.63, 3.8) is 0 Å². The van der Waals surface area contributed by atoms with Crippen LogP contribution in [0.1, 0.15) is 10.4 Å². The summed E-state index contributed by atoms with van der Waals surface area (Å²) in [5.41, 5.74) is 1.64. The Bertz CT molecular complexity index is 525. The van der Waals surface area contributed by atoms with Gasteiger partial charge in [0.15, 0.2) is 0 Å². The molecule has 0 spiro atoms. The summed E-state index contributed by atoms with van der Waals surface area (Å²) in [4.78, 5) is 26.1. The molecule has 0 aliphatic carbocycles. The first-order valence-corrected chi connectivity index (χ1v) is 5.54. The fraction of sp³-hybridized carbons (Fsp3) is 0.231. The molecule has 1 aromatic carbocycles. The van der Waals surface area contributed by atoms with E-state index >= 15 is 0 Å². The Morgan fingerprint density at radius 3 is 2.83 bits per heavy atom. The van der Waals surface area contributed by atoms with Crippen LogP contribution in [0.2, 0.25) is 0 Å². The van der Waals surface area contributed by atoms with Crippen LogP contribution in [0.25, 0.3) is 0 Å². The topological polar surface area (TPSA) is 60.9 Å². The molecule has 5 nitrogen and oxygen atoms in total. The van der Waals surface area contributed by atoms with Gasteiger partial charge in [-0.3, -0.25) is 4.79 Å². The van der Waals surface area contributed by atoms with Gasteiger partial charge in [0.2, 0.25) is 5.91 Å². The second-order valence-corrected chi connectivity index (χ2v) is 4.13. The van der Waals surface area contributed by atoms with Crippen LogP contribution >= 0.6 is 0 Å². The van der Waals surface area contributed by atoms with Gasteiger partial charge in [-0.1, -0.05) is 6.08 Å². The number of amides is 1. The van der Waals surface area contributed by atoms with Crippen molar-refractivity contribution in [1.29, 1.82) is 0 Å². The Hall–Kier alpha value is -2.30. The van der Waals surface area contributed by atoms with Crippen LogP contribution in [-0.2, 0) is 4.79 Å². The van der Waals surface area contributed by atoms with Crippen molar-refractivity contribution in [2.24, 2.45) is 0 Å². The maximum absolute atomic E-state index is 11.8. The Balaban J connectivity index is 2.51. The van der Waals surface area contributed by atoms with Crippen LogP contribution in [0.3, 0.4) is 0 Å². The Kier molecular flexibility index (Phi) is 3.06.